The van der Waals surface area contributed by atoms with Gasteiger partial charge in [0, 0.05) is 6.54 Å². The summed E-state index contributed by atoms with van der Waals surface area (Å²) in [6.45, 7) is 7.40. The minimum atomic E-state index is -3.83. The first kappa shape index (κ1) is 36.6. The van der Waals surface area contributed by atoms with Gasteiger partial charge in [-0.15, -0.1) is 12.4 Å². The molecule has 0 unspecified atom stereocenters. The highest BCUT2D eigenvalue weighted by molar-refractivity contribution is 7.53. The zero-order chi connectivity index (χ0) is 29.7. The Hall–Kier alpha value is -2.39. The molecule has 2 aromatic heterocycles. The van der Waals surface area contributed by atoms with Crippen LogP contribution in [-0.2, 0) is 44.0 Å². The van der Waals surface area contributed by atoms with E-state index < -0.39 is 38.0 Å². The van der Waals surface area contributed by atoms with Crippen LogP contribution < -0.4 is 17.2 Å². The third-order valence-electron chi connectivity index (χ3n) is 5.44. The summed E-state index contributed by atoms with van der Waals surface area (Å²) in [6, 6.07) is -1.52. The Balaban J connectivity index is 0.00000840. The molecule has 0 saturated carbocycles. The number of imidazole rings is 1. The minimum absolute atomic E-state index is 0. The minimum Gasteiger partial charge on any atom is -0.462 e. The predicted octanol–water partition coefficient (Wildman–Crippen LogP) is 1.86. The smallest absolute Gasteiger partial charge is 0.356 e. The maximum atomic E-state index is 13.3. The average Bonchev–Trinajstić information content (AvgIpc) is 3.30. The Morgan fingerprint density at radius 2 is 1.41 bits per heavy atom. The lowest BCUT2D eigenvalue weighted by atomic mass is 10.1. The summed E-state index contributed by atoms with van der Waals surface area (Å²) >= 11 is 0. The Morgan fingerprint density at radius 3 is 1.93 bits per heavy atom. The monoisotopic (exact) mass is 623 g/mol. The largest absolute Gasteiger partial charge is 0.462 e. The van der Waals surface area contributed by atoms with Gasteiger partial charge in [0.05, 0.1) is 26.1 Å². The highest BCUT2D eigenvalue weighted by Crippen LogP contribution is 2.48. The summed E-state index contributed by atoms with van der Waals surface area (Å²) in [6.07, 6.45) is 3.41. The summed E-state index contributed by atoms with van der Waals surface area (Å²) in [5.74, 6) is -0.447. The lowest BCUT2D eigenvalue weighted by Crippen LogP contribution is -2.34. The van der Waals surface area contributed by atoms with Crippen LogP contribution in [0.15, 0.2) is 12.7 Å². The number of fused-ring (bicyclic) bond motifs is 1. The number of halogens is 1. The SMILES string of the molecule is CC(C)C[C@H](N)C(=O)OCCOP(=O)(COCCn1cnc2c(N)ncnc21)OCCOC(=O)[C@@H](N)CC(C)C.Cl. The van der Waals surface area contributed by atoms with Crippen molar-refractivity contribution in [3.05, 3.63) is 12.7 Å². The number of hydrogen-bond acceptors (Lipinski definition) is 14. The number of esters is 2. The fraction of sp³-hybridized carbons (Fsp3) is 0.708. The van der Waals surface area contributed by atoms with Gasteiger partial charge in [0.2, 0.25) is 0 Å². The van der Waals surface area contributed by atoms with E-state index in [0.717, 1.165) is 0 Å². The molecule has 0 saturated heterocycles. The van der Waals surface area contributed by atoms with E-state index in [4.69, 9.17) is 40.5 Å². The molecule has 2 atom stereocenters. The number of hydrogen-bond donors (Lipinski definition) is 3. The number of aromatic nitrogens is 4. The van der Waals surface area contributed by atoms with Gasteiger partial charge in [-0.1, -0.05) is 27.7 Å². The second kappa shape index (κ2) is 18.2. The first-order chi connectivity index (χ1) is 18.9. The van der Waals surface area contributed by atoms with Crippen molar-refractivity contribution in [1.82, 2.24) is 19.5 Å². The Morgan fingerprint density at radius 1 is 0.878 bits per heavy atom. The number of carbonyl (C=O) groups excluding carboxylic acids is 2. The molecule has 15 nitrogen and oxygen atoms in total. The molecule has 0 aliphatic carbocycles. The van der Waals surface area contributed by atoms with E-state index >= 15 is 0 Å². The maximum Gasteiger partial charge on any atom is 0.356 e. The van der Waals surface area contributed by atoms with Crippen molar-refractivity contribution in [2.75, 3.05) is 45.1 Å². The second-order valence-corrected chi connectivity index (χ2v) is 12.0. The zero-order valence-corrected chi connectivity index (χ0v) is 25.7. The number of anilines is 1. The number of ether oxygens (including phenoxy) is 3. The van der Waals surface area contributed by atoms with Crippen LogP contribution in [0.1, 0.15) is 40.5 Å². The Kier molecular flexibility index (Phi) is 16.3. The van der Waals surface area contributed by atoms with E-state index in [9.17, 15) is 14.2 Å². The molecule has 234 valence electrons. The van der Waals surface area contributed by atoms with Gasteiger partial charge in [0.25, 0.3) is 0 Å². The molecule has 6 N–H and O–H groups in total. The van der Waals surface area contributed by atoms with Crippen molar-refractivity contribution in [3.8, 4) is 0 Å². The summed E-state index contributed by atoms with van der Waals surface area (Å²) in [5, 5.41) is 0. The fourth-order valence-corrected chi connectivity index (χ4v) is 4.85. The van der Waals surface area contributed by atoms with Crippen LogP contribution in [0, 0.1) is 11.8 Å². The van der Waals surface area contributed by atoms with Gasteiger partial charge in [-0.3, -0.25) is 14.2 Å². The molecular formula is C24H43ClN7O8P. The van der Waals surface area contributed by atoms with Crippen molar-refractivity contribution in [1.29, 1.82) is 0 Å². The standard InChI is InChI=1S/C24H42N7O8P.ClH/c1-16(2)11-18(25)23(32)36-7-9-38-40(34,39-10-8-37-24(33)19(26)12-17(3)4)15-35-6-5-31-14-30-20-21(27)28-13-29-22(20)31;/h13-14,16-19H,5-12,15,25-26H2,1-4H3,(H2,27,28,29);1H/t18-,19-;/m0./s1. The van der Waals surface area contributed by atoms with E-state index in [1.807, 2.05) is 27.7 Å². The first-order valence-corrected chi connectivity index (χ1v) is 14.9. The molecule has 0 aliphatic rings. The van der Waals surface area contributed by atoms with Gasteiger partial charge in [-0.2, -0.15) is 0 Å². The average molecular weight is 624 g/mol. The number of nitrogens with two attached hydrogens (primary N) is 3. The second-order valence-electron chi connectivity index (χ2n) is 9.99. The highest BCUT2D eigenvalue weighted by atomic mass is 35.5. The quantitative estimate of drug-likeness (QED) is 0.116. The molecule has 0 radical (unpaired) electrons. The number of nitrogen functional groups attached to an aromatic ring is 1. The maximum absolute atomic E-state index is 13.3. The molecule has 2 aromatic rings. The molecule has 2 rings (SSSR count). The van der Waals surface area contributed by atoms with Crippen LogP contribution in [0.2, 0.25) is 0 Å². The van der Waals surface area contributed by atoms with Gasteiger partial charge in [0.15, 0.2) is 11.5 Å². The van der Waals surface area contributed by atoms with Crippen LogP contribution in [0.25, 0.3) is 11.2 Å². The van der Waals surface area contributed by atoms with Crippen molar-refractivity contribution < 1.29 is 37.4 Å². The number of nitrogens with zero attached hydrogens (tertiary/aromatic N) is 4. The third-order valence-corrected chi connectivity index (χ3v) is 7.09. The summed E-state index contributed by atoms with van der Waals surface area (Å²) in [7, 11) is -3.83. The molecule has 0 aromatic carbocycles. The van der Waals surface area contributed by atoms with Gasteiger partial charge in [-0.05, 0) is 24.7 Å². The fourth-order valence-electron chi connectivity index (χ4n) is 3.57. The lowest BCUT2D eigenvalue weighted by Gasteiger charge is -2.20. The van der Waals surface area contributed by atoms with Crippen molar-refractivity contribution in [3.63, 3.8) is 0 Å². The van der Waals surface area contributed by atoms with Crippen LogP contribution >= 0.6 is 20.0 Å². The molecule has 0 amide bonds. The van der Waals surface area contributed by atoms with Crippen LogP contribution in [-0.4, -0.2) is 82.9 Å². The molecule has 0 spiro atoms. The molecule has 17 heteroatoms. The van der Waals surface area contributed by atoms with E-state index in [0.29, 0.717) is 30.6 Å². The van der Waals surface area contributed by atoms with Crippen LogP contribution in [0.4, 0.5) is 5.82 Å². The van der Waals surface area contributed by atoms with Crippen molar-refractivity contribution >= 4 is 48.9 Å². The molecule has 0 aliphatic heterocycles. The summed E-state index contributed by atoms with van der Waals surface area (Å²) < 4.78 is 41.7. The van der Waals surface area contributed by atoms with E-state index in [1.165, 1.54) is 6.33 Å². The lowest BCUT2D eigenvalue weighted by molar-refractivity contribution is -0.146. The van der Waals surface area contributed by atoms with Gasteiger partial charge < -0.3 is 45.0 Å². The number of carbonyl (C=O) groups is 2. The van der Waals surface area contributed by atoms with Crippen LogP contribution in [0.5, 0.6) is 0 Å². The van der Waals surface area contributed by atoms with Crippen molar-refractivity contribution in [2.24, 2.45) is 23.3 Å². The normalized spacial score (nSPS) is 13.3. The predicted molar refractivity (Wildman–Crippen MR) is 154 cm³/mol. The summed E-state index contributed by atoms with van der Waals surface area (Å²) in [5.41, 5.74) is 18.4. The van der Waals surface area contributed by atoms with Crippen LogP contribution in [0.3, 0.4) is 0 Å². The molecule has 0 fully saturated rings. The zero-order valence-electron chi connectivity index (χ0n) is 24.0. The van der Waals surface area contributed by atoms with E-state index in [-0.39, 0.29) is 63.1 Å². The topological polar surface area (TPSA) is 219 Å². The van der Waals surface area contributed by atoms with E-state index in [1.54, 1.807) is 10.9 Å². The molecular weight excluding hydrogens is 581 g/mol. The van der Waals surface area contributed by atoms with Crippen molar-refractivity contribution in [2.45, 2.75) is 59.2 Å². The highest BCUT2D eigenvalue weighted by Gasteiger charge is 2.27. The Labute approximate surface area is 246 Å². The first-order valence-electron chi connectivity index (χ1n) is 13.1. The van der Waals surface area contributed by atoms with E-state index in [2.05, 4.69) is 15.0 Å². The summed E-state index contributed by atoms with van der Waals surface area (Å²) in [4.78, 5) is 36.3. The van der Waals surface area contributed by atoms with Gasteiger partial charge >= 0.3 is 19.5 Å². The van der Waals surface area contributed by atoms with Gasteiger partial charge in [0.1, 0.15) is 43.5 Å². The third kappa shape index (κ3) is 13.0. The number of rotatable bonds is 19. The molecule has 0 bridgehead atoms. The van der Waals surface area contributed by atoms with Gasteiger partial charge in [-0.25, -0.2) is 15.0 Å². The molecule has 2 heterocycles. The molecule has 41 heavy (non-hydrogen) atoms. The Bertz CT molecular complexity index is 1100.